The fourth-order valence-electron chi connectivity index (χ4n) is 1.95. The summed E-state index contributed by atoms with van der Waals surface area (Å²) in [6.45, 7) is 3.02. The van der Waals surface area contributed by atoms with Crippen LogP contribution in [0.3, 0.4) is 0 Å². The number of rotatable bonds is 4. The van der Waals surface area contributed by atoms with Gasteiger partial charge in [0.25, 0.3) is 0 Å². The number of hydrogen-bond acceptors (Lipinski definition) is 5. The largest absolute Gasteiger partial charge is 0.508 e. The van der Waals surface area contributed by atoms with Crippen molar-refractivity contribution in [1.82, 2.24) is 5.32 Å². The van der Waals surface area contributed by atoms with E-state index in [1.165, 1.54) is 23.3 Å². The summed E-state index contributed by atoms with van der Waals surface area (Å²) in [5.41, 5.74) is 0.918. The van der Waals surface area contributed by atoms with Gasteiger partial charge in [0.1, 0.15) is 11.5 Å². The number of aromatic hydroxyl groups is 2. The van der Waals surface area contributed by atoms with Crippen LogP contribution in [0.2, 0.25) is 0 Å². The van der Waals surface area contributed by atoms with Gasteiger partial charge in [0.05, 0.1) is 0 Å². The molecule has 1 aliphatic rings. The quantitative estimate of drug-likeness (QED) is 0.794. The van der Waals surface area contributed by atoms with Gasteiger partial charge in [0.2, 0.25) is 0 Å². The van der Waals surface area contributed by atoms with Gasteiger partial charge in [0, 0.05) is 41.2 Å². The van der Waals surface area contributed by atoms with Crippen molar-refractivity contribution in [2.45, 2.75) is 18.2 Å². The molecule has 0 spiro atoms. The Kier molecular flexibility index (Phi) is 5.09. The van der Waals surface area contributed by atoms with Gasteiger partial charge in [-0.2, -0.15) is 23.5 Å². The average Bonchev–Trinajstić information content (AvgIpc) is 2.36. The van der Waals surface area contributed by atoms with Crippen molar-refractivity contribution in [3.05, 3.63) is 23.8 Å². The van der Waals surface area contributed by atoms with E-state index in [0.717, 1.165) is 12.1 Å². The summed E-state index contributed by atoms with van der Waals surface area (Å²) in [6, 6.07) is 4.87. The predicted molar refractivity (Wildman–Crippen MR) is 79.8 cm³/mol. The number of thioether (sulfide) groups is 2. The topological polar surface area (TPSA) is 52.5 Å². The maximum absolute atomic E-state index is 9.46. The van der Waals surface area contributed by atoms with E-state index in [-0.39, 0.29) is 17.5 Å². The molecule has 1 saturated heterocycles. The van der Waals surface area contributed by atoms with Crippen molar-refractivity contribution in [2.24, 2.45) is 0 Å². The molecular formula is C13H19NO2S2. The van der Waals surface area contributed by atoms with Crippen LogP contribution in [0, 0.1) is 0 Å². The van der Waals surface area contributed by atoms with Crippen LogP contribution in [-0.2, 0) is 0 Å². The zero-order valence-electron chi connectivity index (χ0n) is 10.4. The molecule has 1 aliphatic heterocycles. The third-order valence-electron chi connectivity index (χ3n) is 2.96. The lowest BCUT2D eigenvalue weighted by molar-refractivity contribution is 0.446. The first-order valence-electron chi connectivity index (χ1n) is 6.11. The zero-order valence-corrected chi connectivity index (χ0v) is 12.1. The lowest BCUT2D eigenvalue weighted by Gasteiger charge is -2.23. The smallest absolute Gasteiger partial charge is 0.119 e. The molecule has 2 unspecified atom stereocenters. The Morgan fingerprint density at radius 1 is 1.28 bits per heavy atom. The average molecular weight is 285 g/mol. The highest BCUT2D eigenvalue weighted by molar-refractivity contribution is 8.06. The molecule has 1 aromatic carbocycles. The SMILES string of the molecule is CC(NCC1CSCCS1)c1cc(O)cc(O)c1. The molecule has 0 saturated carbocycles. The fourth-order valence-corrected chi connectivity index (χ4v) is 4.57. The molecule has 0 aromatic heterocycles. The molecule has 2 rings (SSSR count). The Bertz CT molecular complexity index is 374. The van der Waals surface area contributed by atoms with Crippen LogP contribution in [0.4, 0.5) is 0 Å². The van der Waals surface area contributed by atoms with Crippen molar-refractivity contribution >= 4 is 23.5 Å². The molecule has 2 atom stereocenters. The van der Waals surface area contributed by atoms with Gasteiger partial charge in [-0.3, -0.25) is 0 Å². The molecule has 1 fully saturated rings. The van der Waals surface area contributed by atoms with Crippen LogP contribution in [0.15, 0.2) is 18.2 Å². The third kappa shape index (κ3) is 4.00. The van der Waals surface area contributed by atoms with Crippen LogP contribution in [0.25, 0.3) is 0 Å². The van der Waals surface area contributed by atoms with E-state index >= 15 is 0 Å². The molecule has 1 aromatic rings. The van der Waals surface area contributed by atoms with Crippen LogP contribution >= 0.6 is 23.5 Å². The van der Waals surface area contributed by atoms with E-state index < -0.39 is 0 Å². The van der Waals surface area contributed by atoms with Crippen molar-refractivity contribution in [3.8, 4) is 11.5 Å². The van der Waals surface area contributed by atoms with Crippen LogP contribution in [0.1, 0.15) is 18.5 Å². The molecule has 0 amide bonds. The summed E-state index contributed by atoms with van der Waals surface area (Å²) in [4.78, 5) is 0. The molecule has 3 N–H and O–H groups in total. The minimum Gasteiger partial charge on any atom is -0.508 e. The molecule has 5 heteroatoms. The summed E-state index contributed by atoms with van der Waals surface area (Å²) in [6.07, 6.45) is 0. The monoisotopic (exact) mass is 285 g/mol. The van der Waals surface area contributed by atoms with Crippen LogP contribution in [-0.4, -0.2) is 39.3 Å². The van der Waals surface area contributed by atoms with Crippen molar-refractivity contribution in [2.75, 3.05) is 23.8 Å². The van der Waals surface area contributed by atoms with E-state index in [0.29, 0.717) is 5.25 Å². The van der Waals surface area contributed by atoms with Crippen molar-refractivity contribution in [1.29, 1.82) is 0 Å². The van der Waals surface area contributed by atoms with Crippen molar-refractivity contribution < 1.29 is 10.2 Å². The van der Waals surface area contributed by atoms with E-state index in [2.05, 4.69) is 12.2 Å². The Labute approximate surface area is 116 Å². The molecule has 0 radical (unpaired) electrons. The highest BCUT2D eigenvalue weighted by Gasteiger charge is 2.15. The summed E-state index contributed by atoms with van der Waals surface area (Å²) < 4.78 is 0. The Morgan fingerprint density at radius 3 is 2.61 bits per heavy atom. The van der Waals surface area contributed by atoms with E-state index in [9.17, 15) is 10.2 Å². The second kappa shape index (κ2) is 6.59. The summed E-state index contributed by atoms with van der Waals surface area (Å²) in [5, 5.41) is 23.1. The Morgan fingerprint density at radius 2 is 2.00 bits per heavy atom. The minimum absolute atomic E-state index is 0.112. The number of hydrogen-bond donors (Lipinski definition) is 3. The molecule has 3 nitrogen and oxygen atoms in total. The number of phenols is 2. The zero-order chi connectivity index (χ0) is 13.0. The summed E-state index contributed by atoms with van der Waals surface area (Å²) in [5.74, 6) is 3.92. The minimum atomic E-state index is 0.112. The molecule has 0 aliphatic carbocycles. The molecule has 0 bridgehead atoms. The highest BCUT2D eigenvalue weighted by Crippen LogP contribution is 2.26. The maximum Gasteiger partial charge on any atom is 0.119 e. The van der Waals surface area contributed by atoms with Gasteiger partial charge in [-0.15, -0.1) is 0 Å². The normalized spacial score (nSPS) is 21.7. The molecular weight excluding hydrogens is 266 g/mol. The molecule has 1 heterocycles. The van der Waals surface area contributed by atoms with Gasteiger partial charge < -0.3 is 15.5 Å². The van der Waals surface area contributed by atoms with Crippen LogP contribution < -0.4 is 5.32 Å². The number of benzene rings is 1. The lowest BCUT2D eigenvalue weighted by Crippen LogP contribution is -2.30. The van der Waals surface area contributed by atoms with Gasteiger partial charge in [0.15, 0.2) is 0 Å². The first-order chi connectivity index (χ1) is 8.65. The van der Waals surface area contributed by atoms with Gasteiger partial charge in [-0.1, -0.05) is 0 Å². The van der Waals surface area contributed by atoms with Gasteiger partial charge in [-0.25, -0.2) is 0 Å². The number of phenolic OH excluding ortho intramolecular Hbond substituents is 2. The third-order valence-corrected chi connectivity index (χ3v) is 5.81. The Balaban J connectivity index is 1.88. The standard InChI is InChI=1S/C13H19NO2S2/c1-9(10-4-11(15)6-12(16)5-10)14-7-13-8-17-2-3-18-13/h4-6,9,13-16H,2-3,7-8H2,1H3. The Hall–Kier alpha value is -0.520. The van der Waals surface area contributed by atoms with Gasteiger partial charge in [-0.05, 0) is 24.6 Å². The lowest BCUT2D eigenvalue weighted by atomic mass is 10.1. The second-order valence-corrected chi connectivity index (χ2v) is 7.04. The highest BCUT2D eigenvalue weighted by atomic mass is 32.2. The van der Waals surface area contributed by atoms with Crippen molar-refractivity contribution in [3.63, 3.8) is 0 Å². The van der Waals surface area contributed by atoms with E-state index in [1.54, 1.807) is 12.1 Å². The second-order valence-electron chi connectivity index (χ2n) is 4.48. The van der Waals surface area contributed by atoms with E-state index in [1.807, 2.05) is 23.5 Å². The maximum atomic E-state index is 9.46. The van der Waals surface area contributed by atoms with E-state index in [4.69, 9.17) is 0 Å². The predicted octanol–water partition coefficient (Wildman–Crippen LogP) is 2.60. The van der Waals surface area contributed by atoms with Crippen LogP contribution in [0.5, 0.6) is 11.5 Å². The summed E-state index contributed by atoms with van der Waals surface area (Å²) in [7, 11) is 0. The molecule has 18 heavy (non-hydrogen) atoms. The molecule has 100 valence electrons. The number of nitrogens with one attached hydrogen (secondary N) is 1. The first kappa shape index (κ1) is 13.9. The summed E-state index contributed by atoms with van der Waals surface area (Å²) >= 11 is 4.04. The fraction of sp³-hybridized carbons (Fsp3) is 0.538. The first-order valence-corrected chi connectivity index (χ1v) is 8.31. The van der Waals surface area contributed by atoms with Gasteiger partial charge >= 0.3 is 0 Å².